The van der Waals surface area contributed by atoms with E-state index in [2.05, 4.69) is 39.0 Å². The van der Waals surface area contributed by atoms with Crippen molar-refractivity contribution in [3.05, 3.63) is 53.6 Å². The molecular weight excluding hydrogens is 348 g/mol. The van der Waals surface area contributed by atoms with Crippen molar-refractivity contribution in [3.8, 4) is 16.9 Å². The number of aryl methyl sites for hydroxylation is 1. The standard InChI is InChI=1S/C25H32O3/c1-4-6-17(2)14-23(25(26)27)21-11-12-24(28-16-19-9-10-19)22(15-21)20-8-5-7-18(3)13-20/h5,7-8,11-13,15,17,19,23H,4,6,9-10,14,16H2,1-3H3,(H,26,27). The summed E-state index contributed by atoms with van der Waals surface area (Å²) in [7, 11) is 0. The fourth-order valence-corrected chi connectivity index (χ4v) is 3.81. The molecule has 2 atom stereocenters. The predicted molar refractivity (Wildman–Crippen MR) is 114 cm³/mol. The third kappa shape index (κ3) is 5.37. The molecule has 3 nitrogen and oxygen atoms in total. The van der Waals surface area contributed by atoms with E-state index < -0.39 is 11.9 Å². The summed E-state index contributed by atoms with van der Waals surface area (Å²) in [5.74, 6) is 0.686. The molecule has 2 unspecified atom stereocenters. The predicted octanol–water partition coefficient (Wildman–Crippen LogP) is 6.45. The Morgan fingerprint density at radius 3 is 2.64 bits per heavy atom. The summed E-state index contributed by atoms with van der Waals surface area (Å²) < 4.78 is 6.12. The molecule has 0 saturated heterocycles. The summed E-state index contributed by atoms with van der Waals surface area (Å²) in [6, 6.07) is 14.3. The first kappa shape index (κ1) is 20.4. The zero-order valence-electron chi connectivity index (χ0n) is 17.3. The van der Waals surface area contributed by atoms with Crippen LogP contribution in [0.2, 0.25) is 0 Å². The van der Waals surface area contributed by atoms with Gasteiger partial charge in [-0.05, 0) is 61.3 Å². The van der Waals surface area contributed by atoms with E-state index in [4.69, 9.17) is 4.74 Å². The number of benzene rings is 2. The molecule has 0 aliphatic heterocycles. The summed E-state index contributed by atoms with van der Waals surface area (Å²) in [4.78, 5) is 12.0. The lowest BCUT2D eigenvalue weighted by atomic mass is 9.86. The molecule has 1 aliphatic rings. The first-order chi connectivity index (χ1) is 13.5. The fraction of sp³-hybridized carbons (Fsp3) is 0.480. The second kappa shape index (κ2) is 9.27. The van der Waals surface area contributed by atoms with E-state index >= 15 is 0 Å². The average Bonchev–Trinajstić information content (AvgIpc) is 3.49. The van der Waals surface area contributed by atoms with Gasteiger partial charge in [0.15, 0.2) is 0 Å². The van der Waals surface area contributed by atoms with Gasteiger partial charge in [0.25, 0.3) is 0 Å². The fourth-order valence-electron chi connectivity index (χ4n) is 3.81. The Morgan fingerprint density at radius 2 is 2.00 bits per heavy atom. The second-order valence-corrected chi connectivity index (χ2v) is 8.40. The highest BCUT2D eigenvalue weighted by Gasteiger charge is 2.25. The maximum Gasteiger partial charge on any atom is 0.310 e. The van der Waals surface area contributed by atoms with Crippen molar-refractivity contribution in [1.29, 1.82) is 0 Å². The van der Waals surface area contributed by atoms with E-state index in [-0.39, 0.29) is 0 Å². The van der Waals surface area contributed by atoms with Crippen molar-refractivity contribution in [2.75, 3.05) is 6.61 Å². The van der Waals surface area contributed by atoms with Gasteiger partial charge in [-0.15, -0.1) is 0 Å². The minimum atomic E-state index is -0.746. The summed E-state index contributed by atoms with van der Waals surface area (Å²) in [5, 5.41) is 9.87. The van der Waals surface area contributed by atoms with Gasteiger partial charge >= 0.3 is 5.97 Å². The van der Waals surface area contributed by atoms with Crippen molar-refractivity contribution < 1.29 is 14.6 Å². The zero-order chi connectivity index (χ0) is 20.1. The molecule has 1 N–H and O–H groups in total. The molecule has 0 aromatic heterocycles. The van der Waals surface area contributed by atoms with Crippen LogP contribution >= 0.6 is 0 Å². The van der Waals surface area contributed by atoms with Crippen LogP contribution in [0.5, 0.6) is 5.75 Å². The quantitative estimate of drug-likeness (QED) is 0.515. The first-order valence-electron chi connectivity index (χ1n) is 10.5. The summed E-state index contributed by atoms with van der Waals surface area (Å²) in [6.07, 6.45) is 5.29. The van der Waals surface area contributed by atoms with Crippen LogP contribution in [0.25, 0.3) is 11.1 Å². The SMILES string of the molecule is CCCC(C)CC(C(=O)O)c1ccc(OCC2CC2)c(-c2cccc(C)c2)c1. The van der Waals surface area contributed by atoms with E-state index in [0.717, 1.165) is 41.9 Å². The normalized spacial score (nSPS) is 15.8. The van der Waals surface area contributed by atoms with Gasteiger partial charge < -0.3 is 9.84 Å². The van der Waals surface area contributed by atoms with Crippen LogP contribution in [0.15, 0.2) is 42.5 Å². The van der Waals surface area contributed by atoms with Crippen LogP contribution < -0.4 is 4.74 Å². The van der Waals surface area contributed by atoms with Gasteiger partial charge in [-0.2, -0.15) is 0 Å². The topological polar surface area (TPSA) is 46.5 Å². The van der Waals surface area contributed by atoms with Crippen LogP contribution in [-0.4, -0.2) is 17.7 Å². The number of hydrogen-bond acceptors (Lipinski definition) is 2. The van der Waals surface area contributed by atoms with Crippen LogP contribution in [0.3, 0.4) is 0 Å². The summed E-state index contributed by atoms with van der Waals surface area (Å²) >= 11 is 0. The van der Waals surface area contributed by atoms with Gasteiger partial charge in [0.05, 0.1) is 12.5 Å². The molecule has 28 heavy (non-hydrogen) atoms. The Kier molecular flexibility index (Phi) is 6.77. The molecule has 1 saturated carbocycles. The summed E-state index contributed by atoms with van der Waals surface area (Å²) in [6.45, 7) is 7.11. The molecule has 3 rings (SSSR count). The van der Waals surface area contributed by atoms with E-state index in [0.29, 0.717) is 18.3 Å². The molecule has 2 aromatic rings. The molecule has 1 fully saturated rings. The van der Waals surface area contributed by atoms with Crippen molar-refractivity contribution in [1.82, 2.24) is 0 Å². The van der Waals surface area contributed by atoms with E-state index in [1.807, 2.05) is 24.3 Å². The van der Waals surface area contributed by atoms with Crippen molar-refractivity contribution in [3.63, 3.8) is 0 Å². The van der Waals surface area contributed by atoms with Crippen molar-refractivity contribution in [2.45, 2.75) is 58.8 Å². The lowest BCUT2D eigenvalue weighted by Crippen LogP contribution is -2.15. The molecule has 2 aromatic carbocycles. The maximum absolute atomic E-state index is 12.0. The average molecular weight is 381 g/mol. The van der Waals surface area contributed by atoms with Crippen molar-refractivity contribution >= 4 is 5.97 Å². The second-order valence-electron chi connectivity index (χ2n) is 8.40. The number of hydrogen-bond donors (Lipinski definition) is 1. The molecule has 1 aliphatic carbocycles. The number of carboxylic acids is 1. The van der Waals surface area contributed by atoms with Crippen molar-refractivity contribution in [2.24, 2.45) is 11.8 Å². The van der Waals surface area contributed by atoms with Gasteiger partial charge in [-0.25, -0.2) is 0 Å². The Balaban J connectivity index is 1.94. The Labute approximate surface area is 168 Å². The minimum Gasteiger partial charge on any atom is -0.493 e. The van der Waals surface area contributed by atoms with Gasteiger partial charge in [-0.1, -0.05) is 62.6 Å². The Morgan fingerprint density at radius 1 is 1.21 bits per heavy atom. The molecule has 0 bridgehead atoms. The minimum absolute atomic E-state index is 0.388. The highest BCUT2D eigenvalue weighted by atomic mass is 16.5. The highest BCUT2D eigenvalue weighted by molar-refractivity contribution is 5.79. The summed E-state index contributed by atoms with van der Waals surface area (Å²) in [5.41, 5.74) is 4.13. The van der Waals surface area contributed by atoms with Crippen LogP contribution in [0, 0.1) is 18.8 Å². The van der Waals surface area contributed by atoms with Gasteiger partial charge in [0.2, 0.25) is 0 Å². The maximum atomic E-state index is 12.0. The van der Waals surface area contributed by atoms with Crippen LogP contribution in [-0.2, 0) is 4.79 Å². The molecule has 150 valence electrons. The first-order valence-corrected chi connectivity index (χ1v) is 10.5. The van der Waals surface area contributed by atoms with Gasteiger partial charge in [-0.3, -0.25) is 4.79 Å². The highest BCUT2D eigenvalue weighted by Crippen LogP contribution is 2.37. The number of carboxylic acid groups (broad SMARTS) is 1. The molecular formula is C25H32O3. The third-order valence-corrected chi connectivity index (χ3v) is 5.62. The smallest absolute Gasteiger partial charge is 0.310 e. The molecule has 0 heterocycles. The van der Waals surface area contributed by atoms with E-state index in [1.54, 1.807) is 0 Å². The lowest BCUT2D eigenvalue weighted by Gasteiger charge is -2.20. The number of carbonyl (C=O) groups is 1. The number of aliphatic carboxylic acids is 1. The Hall–Kier alpha value is -2.29. The molecule has 3 heteroatoms. The molecule has 0 radical (unpaired) electrons. The molecule has 0 spiro atoms. The Bertz CT molecular complexity index is 807. The largest absolute Gasteiger partial charge is 0.493 e. The van der Waals surface area contributed by atoms with E-state index in [1.165, 1.54) is 18.4 Å². The number of rotatable bonds is 10. The van der Waals surface area contributed by atoms with Crippen LogP contribution in [0.1, 0.15) is 63.0 Å². The van der Waals surface area contributed by atoms with Gasteiger partial charge in [0, 0.05) is 5.56 Å². The van der Waals surface area contributed by atoms with Crippen LogP contribution in [0.4, 0.5) is 0 Å². The van der Waals surface area contributed by atoms with Gasteiger partial charge in [0.1, 0.15) is 5.75 Å². The lowest BCUT2D eigenvalue weighted by molar-refractivity contribution is -0.139. The monoisotopic (exact) mass is 380 g/mol. The zero-order valence-corrected chi connectivity index (χ0v) is 17.3. The third-order valence-electron chi connectivity index (χ3n) is 5.62. The van der Waals surface area contributed by atoms with E-state index in [9.17, 15) is 9.90 Å². The number of ether oxygens (including phenoxy) is 1. The molecule has 0 amide bonds.